The van der Waals surface area contributed by atoms with Gasteiger partial charge in [-0.1, -0.05) is 78.4 Å². The Hall–Kier alpha value is -4.06. The molecule has 5 nitrogen and oxygen atoms in total. The zero-order valence-corrected chi connectivity index (χ0v) is 20.0. The summed E-state index contributed by atoms with van der Waals surface area (Å²) in [6.07, 6.45) is -0.998. The number of anilines is 1. The SMILES string of the molecule is CCn1c2ccccc2c2cc(N(N)/C(=C(\N)C(O)c3ccc(C)cc3)c3ccccc3)ccc21. The third-order valence-corrected chi connectivity index (χ3v) is 6.60. The number of hydrogen-bond donors (Lipinski definition) is 3. The fourth-order valence-corrected chi connectivity index (χ4v) is 4.76. The minimum absolute atomic E-state index is 0.290. The minimum Gasteiger partial charge on any atom is -0.398 e. The lowest BCUT2D eigenvalue weighted by Gasteiger charge is -2.26. The predicted molar refractivity (Wildman–Crippen MR) is 145 cm³/mol. The van der Waals surface area contributed by atoms with Gasteiger partial charge >= 0.3 is 0 Å². The first kappa shape index (κ1) is 22.7. The number of aliphatic hydroxyl groups excluding tert-OH is 1. The molecule has 0 fully saturated rings. The number of nitrogens with zero attached hydrogens (tertiary/aromatic N) is 2. The summed E-state index contributed by atoms with van der Waals surface area (Å²) in [5, 5.41) is 15.1. The Morgan fingerprint density at radius 2 is 1.51 bits per heavy atom. The highest BCUT2D eigenvalue weighted by atomic mass is 16.3. The Morgan fingerprint density at radius 3 is 2.23 bits per heavy atom. The van der Waals surface area contributed by atoms with E-state index in [1.807, 2.05) is 67.6 Å². The van der Waals surface area contributed by atoms with Crippen LogP contribution in [-0.4, -0.2) is 9.67 Å². The topological polar surface area (TPSA) is 80.4 Å². The predicted octanol–water partition coefficient (Wildman–Crippen LogP) is 5.86. The quantitative estimate of drug-likeness (QED) is 0.218. The molecule has 1 atom stereocenters. The molecule has 0 bridgehead atoms. The van der Waals surface area contributed by atoms with Crippen LogP contribution in [0, 0.1) is 6.92 Å². The Balaban J connectivity index is 1.66. The van der Waals surface area contributed by atoms with Crippen LogP contribution in [0.3, 0.4) is 0 Å². The third kappa shape index (κ3) is 4.05. The number of aromatic nitrogens is 1. The van der Waals surface area contributed by atoms with Crippen molar-refractivity contribution in [2.75, 3.05) is 5.01 Å². The van der Waals surface area contributed by atoms with E-state index < -0.39 is 6.10 Å². The van der Waals surface area contributed by atoms with Gasteiger partial charge in [-0.25, -0.2) is 5.84 Å². The molecule has 1 aromatic heterocycles. The molecule has 1 heterocycles. The molecule has 1 unspecified atom stereocenters. The number of rotatable bonds is 6. The van der Waals surface area contributed by atoms with Crippen molar-refractivity contribution in [1.29, 1.82) is 0 Å². The first-order valence-corrected chi connectivity index (χ1v) is 11.8. The second kappa shape index (κ2) is 9.29. The molecule has 0 amide bonds. The summed E-state index contributed by atoms with van der Waals surface area (Å²) in [5.74, 6) is 6.76. The monoisotopic (exact) mass is 462 g/mol. The van der Waals surface area contributed by atoms with Gasteiger partial charge in [0.25, 0.3) is 0 Å². The Bertz CT molecular complexity index is 1520. The van der Waals surface area contributed by atoms with Crippen molar-refractivity contribution in [1.82, 2.24) is 4.57 Å². The van der Waals surface area contributed by atoms with Crippen molar-refractivity contribution in [3.05, 3.63) is 119 Å². The van der Waals surface area contributed by atoms with Gasteiger partial charge in [-0.3, -0.25) is 5.01 Å². The molecule has 4 aromatic carbocycles. The Labute approximate surface area is 205 Å². The van der Waals surface area contributed by atoms with Crippen LogP contribution in [0.4, 0.5) is 5.69 Å². The van der Waals surface area contributed by atoms with Gasteiger partial charge in [-0.05, 0) is 43.7 Å². The number of aryl methyl sites for hydroxylation is 2. The normalized spacial score (nSPS) is 13.1. The average molecular weight is 463 g/mol. The van der Waals surface area contributed by atoms with E-state index in [0.717, 1.165) is 39.8 Å². The maximum Gasteiger partial charge on any atom is 0.120 e. The van der Waals surface area contributed by atoms with Crippen LogP contribution >= 0.6 is 0 Å². The molecule has 0 aliphatic heterocycles. The van der Waals surface area contributed by atoms with Gasteiger partial charge in [0.2, 0.25) is 0 Å². The maximum absolute atomic E-state index is 11.2. The van der Waals surface area contributed by atoms with Gasteiger partial charge in [0.05, 0.1) is 17.1 Å². The molecule has 5 heteroatoms. The second-order valence-corrected chi connectivity index (χ2v) is 8.82. The van der Waals surface area contributed by atoms with E-state index in [0.29, 0.717) is 11.4 Å². The van der Waals surface area contributed by atoms with Gasteiger partial charge in [0.1, 0.15) is 6.10 Å². The molecule has 5 rings (SSSR count). The number of fused-ring (bicyclic) bond motifs is 3. The highest BCUT2D eigenvalue weighted by Crippen LogP contribution is 2.35. The van der Waals surface area contributed by atoms with E-state index in [1.165, 1.54) is 10.9 Å². The second-order valence-electron chi connectivity index (χ2n) is 8.82. The van der Waals surface area contributed by atoms with Gasteiger partial charge in [0.15, 0.2) is 0 Å². The van der Waals surface area contributed by atoms with Crippen molar-refractivity contribution in [2.24, 2.45) is 11.6 Å². The summed E-state index contributed by atoms with van der Waals surface area (Å²) in [6, 6.07) is 32.0. The Morgan fingerprint density at radius 1 is 0.857 bits per heavy atom. The Kier molecular flexibility index (Phi) is 6.03. The molecular weight excluding hydrogens is 432 g/mol. The van der Waals surface area contributed by atoms with Gasteiger partial charge < -0.3 is 15.4 Å². The van der Waals surface area contributed by atoms with Crippen molar-refractivity contribution >= 4 is 33.2 Å². The lowest BCUT2D eigenvalue weighted by atomic mass is 10.0. The first-order chi connectivity index (χ1) is 17.0. The molecule has 0 radical (unpaired) electrons. The summed E-state index contributed by atoms with van der Waals surface area (Å²) < 4.78 is 2.30. The highest BCUT2D eigenvalue weighted by Gasteiger charge is 2.22. The number of aliphatic hydroxyl groups is 1. The molecule has 0 spiro atoms. The van der Waals surface area contributed by atoms with Crippen LogP contribution < -0.4 is 16.6 Å². The molecule has 176 valence electrons. The van der Waals surface area contributed by atoms with Crippen LogP contribution in [-0.2, 0) is 6.54 Å². The van der Waals surface area contributed by atoms with Crippen LogP contribution in [0.1, 0.15) is 29.7 Å². The van der Waals surface area contributed by atoms with Crippen LogP contribution in [0.2, 0.25) is 0 Å². The van der Waals surface area contributed by atoms with E-state index in [9.17, 15) is 5.11 Å². The average Bonchev–Trinajstić information content (AvgIpc) is 3.22. The summed E-state index contributed by atoms with van der Waals surface area (Å²) in [5.41, 5.74) is 13.3. The summed E-state index contributed by atoms with van der Waals surface area (Å²) >= 11 is 0. The van der Waals surface area contributed by atoms with Crippen LogP contribution in [0.5, 0.6) is 0 Å². The summed E-state index contributed by atoms with van der Waals surface area (Å²) in [4.78, 5) is 0. The van der Waals surface area contributed by atoms with Crippen molar-refractivity contribution in [2.45, 2.75) is 26.5 Å². The number of benzene rings is 4. The van der Waals surface area contributed by atoms with E-state index >= 15 is 0 Å². The standard InChI is InChI=1S/C30H30N4O/c1-3-33-26-12-8-7-11-24(26)25-19-23(17-18-27(25)33)34(32)29(21-9-5-4-6-10-21)28(31)30(35)22-15-13-20(2)14-16-22/h4-19,30,35H,3,31-32H2,1-2H3/b29-28-. The lowest BCUT2D eigenvalue weighted by molar-refractivity contribution is 0.214. The summed E-state index contributed by atoms with van der Waals surface area (Å²) in [7, 11) is 0. The van der Waals surface area contributed by atoms with Gasteiger partial charge in [-0.2, -0.15) is 0 Å². The lowest BCUT2D eigenvalue weighted by Crippen LogP contribution is -2.32. The summed E-state index contributed by atoms with van der Waals surface area (Å²) in [6.45, 7) is 5.04. The molecular formula is C30H30N4O. The number of hydrazine groups is 1. The van der Waals surface area contributed by atoms with E-state index in [1.54, 1.807) is 5.01 Å². The molecule has 0 saturated heterocycles. The molecule has 0 aliphatic rings. The van der Waals surface area contributed by atoms with Gasteiger partial charge in [-0.15, -0.1) is 0 Å². The molecule has 5 N–H and O–H groups in total. The third-order valence-electron chi connectivity index (χ3n) is 6.60. The van der Waals surface area contributed by atoms with Crippen molar-refractivity contribution in [3.8, 4) is 0 Å². The number of nitrogens with two attached hydrogens (primary N) is 2. The van der Waals surface area contributed by atoms with Crippen LogP contribution in [0.25, 0.3) is 27.5 Å². The van der Waals surface area contributed by atoms with E-state index in [-0.39, 0.29) is 0 Å². The largest absolute Gasteiger partial charge is 0.398 e. The fourth-order valence-electron chi connectivity index (χ4n) is 4.76. The molecule has 35 heavy (non-hydrogen) atoms. The highest BCUT2D eigenvalue weighted by molar-refractivity contribution is 6.09. The molecule has 0 saturated carbocycles. The van der Waals surface area contributed by atoms with Gasteiger partial charge in [0, 0.05) is 33.9 Å². The smallest absolute Gasteiger partial charge is 0.120 e. The maximum atomic E-state index is 11.2. The minimum atomic E-state index is -0.998. The van der Waals surface area contributed by atoms with Crippen molar-refractivity contribution in [3.63, 3.8) is 0 Å². The van der Waals surface area contributed by atoms with Crippen molar-refractivity contribution < 1.29 is 5.11 Å². The number of hydrogen-bond acceptors (Lipinski definition) is 4. The first-order valence-electron chi connectivity index (χ1n) is 11.8. The van der Waals surface area contributed by atoms with Crippen LogP contribution in [0.15, 0.2) is 103 Å². The van der Waals surface area contributed by atoms with E-state index in [4.69, 9.17) is 11.6 Å². The van der Waals surface area contributed by atoms with E-state index in [2.05, 4.69) is 47.9 Å². The number of para-hydroxylation sites is 1. The molecule has 0 aliphatic carbocycles. The zero-order valence-electron chi connectivity index (χ0n) is 20.0. The zero-order chi connectivity index (χ0) is 24.5. The molecule has 5 aromatic rings. The fraction of sp³-hybridized carbons (Fsp3) is 0.133.